The summed E-state index contributed by atoms with van der Waals surface area (Å²) < 4.78 is 39.4. The van der Waals surface area contributed by atoms with Crippen molar-refractivity contribution in [3.05, 3.63) is 45.1 Å². The third-order valence-corrected chi connectivity index (χ3v) is 3.58. The fourth-order valence-electron chi connectivity index (χ4n) is 1.73. The van der Waals surface area contributed by atoms with Gasteiger partial charge >= 0.3 is 6.18 Å². The third-order valence-electron chi connectivity index (χ3n) is 2.77. The molecular weight excluding hydrogens is 387 g/mol. The van der Waals surface area contributed by atoms with E-state index in [-0.39, 0.29) is 12.2 Å². The van der Waals surface area contributed by atoms with Gasteiger partial charge in [0.05, 0.1) is 10.7 Å². The van der Waals surface area contributed by atoms with Crippen LogP contribution < -0.4 is 5.32 Å². The summed E-state index contributed by atoms with van der Waals surface area (Å²) in [5.41, 5.74) is -0.417. The fourth-order valence-corrected chi connectivity index (χ4v) is 2.45. The highest BCUT2D eigenvalue weighted by molar-refractivity contribution is 9.10. The lowest BCUT2D eigenvalue weighted by molar-refractivity contribution is -0.141. The van der Waals surface area contributed by atoms with E-state index in [1.54, 1.807) is 18.2 Å². The number of amides is 1. The summed E-state index contributed by atoms with van der Waals surface area (Å²) in [6.07, 6.45) is -4.54. The highest BCUT2D eigenvalue weighted by Gasteiger charge is 2.34. The monoisotopic (exact) mass is 395 g/mol. The van der Waals surface area contributed by atoms with Crippen molar-refractivity contribution in [3.63, 3.8) is 0 Å². The number of hydrogen-bond acceptors (Lipinski definition) is 2. The van der Waals surface area contributed by atoms with Crippen LogP contribution >= 0.6 is 27.5 Å². The van der Waals surface area contributed by atoms with Crippen molar-refractivity contribution in [3.8, 4) is 0 Å². The largest absolute Gasteiger partial charge is 0.435 e. The molecule has 0 fully saturated rings. The summed E-state index contributed by atoms with van der Waals surface area (Å²) in [6, 6.07) is 5.75. The number of halogens is 5. The van der Waals surface area contributed by atoms with Crippen LogP contribution in [0.1, 0.15) is 11.4 Å². The Morgan fingerprint density at radius 3 is 2.64 bits per heavy atom. The summed E-state index contributed by atoms with van der Waals surface area (Å²) in [4.78, 5) is 11.9. The van der Waals surface area contributed by atoms with E-state index >= 15 is 0 Å². The van der Waals surface area contributed by atoms with Crippen LogP contribution in [-0.4, -0.2) is 15.7 Å². The Labute approximate surface area is 137 Å². The Hall–Kier alpha value is -1.54. The van der Waals surface area contributed by atoms with Crippen molar-refractivity contribution >= 4 is 39.1 Å². The second-order valence-electron chi connectivity index (χ2n) is 4.50. The molecule has 0 saturated heterocycles. The number of carbonyl (C=O) groups excluding carboxylic acids is 1. The first-order chi connectivity index (χ1) is 10.2. The van der Waals surface area contributed by atoms with Crippen LogP contribution in [0, 0.1) is 6.92 Å². The molecule has 4 nitrogen and oxygen atoms in total. The minimum atomic E-state index is -4.54. The average Bonchev–Trinajstić information content (AvgIpc) is 2.74. The van der Waals surface area contributed by atoms with Crippen molar-refractivity contribution in [2.45, 2.75) is 19.6 Å². The fraction of sp³-hybridized carbons (Fsp3) is 0.231. The molecule has 9 heteroatoms. The van der Waals surface area contributed by atoms with Crippen LogP contribution in [0.3, 0.4) is 0 Å². The normalized spacial score (nSPS) is 11.5. The Bertz CT molecular complexity index is 715. The molecule has 0 spiro atoms. The first-order valence-corrected chi connectivity index (χ1v) is 7.20. The van der Waals surface area contributed by atoms with Gasteiger partial charge in [-0.15, -0.1) is 0 Å². The van der Waals surface area contributed by atoms with Crippen LogP contribution in [0.25, 0.3) is 0 Å². The van der Waals surface area contributed by atoms with Crippen LogP contribution in [0.15, 0.2) is 28.7 Å². The van der Waals surface area contributed by atoms with E-state index < -0.39 is 17.8 Å². The Kier molecular flexibility index (Phi) is 4.81. The zero-order valence-electron chi connectivity index (χ0n) is 11.2. The number of rotatable bonds is 3. The molecule has 0 saturated carbocycles. The van der Waals surface area contributed by atoms with Gasteiger partial charge in [0, 0.05) is 10.2 Å². The third kappa shape index (κ3) is 4.01. The smallest absolute Gasteiger partial charge is 0.323 e. The number of anilines is 1. The number of alkyl halides is 3. The maximum absolute atomic E-state index is 12.6. The van der Waals surface area contributed by atoms with E-state index in [9.17, 15) is 18.0 Å². The molecule has 0 radical (unpaired) electrons. The topological polar surface area (TPSA) is 46.9 Å². The molecule has 0 aliphatic heterocycles. The van der Waals surface area contributed by atoms with Gasteiger partial charge in [0.1, 0.15) is 6.54 Å². The van der Waals surface area contributed by atoms with Crippen molar-refractivity contribution in [1.82, 2.24) is 9.78 Å². The molecule has 118 valence electrons. The summed E-state index contributed by atoms with van der Waals surface area (Å²) in [5, 5.41) is 6.23. The van der Waals surface area contributed by atoms with Crippen LogP contribution in [0.2, 0.25) is 5.02 Å². The van der Waals surface area contributed by atoms with E-state index in [1.807, 2.05) is 0 Å². The SMILES string of the molecule is Cc1cc(C(F)(F)F)nn1CC(=O)Nc1ccc(Br)cc1Cl. The van der Waals surface area contributed by atoms with E-state index in [2.05, 4.69) is 26.3 Å². The number of benzene rings is 1. The molecule has 0 aliphatic carbocycles. The maximum Gasteiger partial charge on any atom is 0.435 e. The van der Waals surface area contributed by atoms with E-state index in [0.717, 1.165) is 15.2 Å². The molecular formula is C13H10BrClF3N3O. The van der Waals surface area contributed by atoms with Gasteiger partial charge in [-0.3, -0.25) is 9.48 Å². The predicted octanol–water partition coefficient (Wildman–Crippen LogP) is 4.26. The quantitative estimate of drug-likeness (QED) is 0.842. The van der Waals surface area contributed by atoms with Crippen molar-refractivity contribution in [1.29, 1.82) is 0 Å². The molecule has 0 aliphatic rings. The Morgan fingerprint density at radius 2 is 2.09 bits per heavy atom. The molecule has 0 bridgehead atoms. The lowest BCUT2D eigenvalue weighted by atomic mass is 10.3. The lowest BCUT2D eigenvalue weighted by Gasteiger charge is -2.08. The Morgan fingerprint density at radius 1 is 1.41 bits per heavy atom. The Balaban J connectivity index is 2.11. The number of hydrogen-bond donors (Lipinski definition) is 1. The van der Waals surface area contributed by atoms with Gasteiger partial charge in [-0.25, -0.2) is 0 Å². The molecule has 2 rings (SSSR count). The first-order valence-electron chi connectivity index (χ1n) is 6.03. The highest BCUT2D eigenvalue weighted by atomic mass is 79.9. The second-order valence-corrected chi connectivity index (χ2v) is 5.82. The van der Waals surface area contributed by atoms with Crippen molar-refractivity contribution in [2.75, 3.05) is 5.32 Å². The molecule has 1 aromatic heterocycles. The van der Waals surface area contributed by atoms with Gasteiger partial charge in [-0.1, -0.05) is 27.5 Å². The minimum absolute atomic E-state index is 0.240. The van der Waals surface area contributed by atoms with Gasteiger partial charge in [-0.05, 0) is 31.2 Å². The standard InChI is InChI=1S/C13H10BrClF3N3O/c1-7-4-11(13(16,17)18)20-21(7)6-12(22)19-10-3-2-8(14)5-9(10)15/h2-5H,6H2,1H3,(H,19,22). The lowest BCUT2D eigenvalue weighted by Crippen LogP contribution is -2.21. The second kappa shape index (κ2) is 6.29. The van der Waals surface area contributed by atoms with E-state index in [4.69, 9.17) is 11.6 Å². The molecule has 1 N–H and O–H groups in total. The molecule has 1 amide bonds. The van der Waals surface area contributed by atoms with Gasteiger partial charge in [-0.2, -0.15) is 18.3 Å². The average molecular weight is 397 g/mol. The van der Waals surface area contributed by atoms with E-state index in [1.165, 1.54) is 6.92 Å². The summed E-state index contributed by atoms with van der Waals surface area (Å²) in [5.74, 6) is -0.524. The number of aryl methyl sites for hydroxylation is 1. The first kappa shape index (κ1) is 16.8. The minimum Gasteiger partial charge on any atom is -0.323 e. The molecule has 22 heavy (non-hydrogen) atoms. The number of carbonyl (C=O) groups is 1. The predicted molar refractivity (Wildman–Crippen MR) is 79.7 cm³/mol. The number of aromatic nitrogens is 2. The van der Waals surface area contributed by atoms with Crippen LogP contribution in [0.5, 0.6) is 0 Å². The number of nitrogens with one attached hydrogen (secondary N) is 1. The maximum atomic E-state index is 12.6. The zero-order valence-corrected chi connectivity index (χ0v) is 13.6. The summed E-state index contributed by atoms with van der Waals surface area (Å²) >= 11 is 9.19. The van der Waals surface area contributed by atoms with Crippen LogP contribution in [-0.2, 0) is 17.5 Å². The van der Waals surface area contributed by atoms with Gasteiger partial charge in [0.25, 0.3) is 0 Å². The number of nitrogens with zero attached hydrogens (tertiary/aromatic N) is 2. The summed E-state index contributed by atoms with van der Waals surface area (Å²) in [6.45, 7) is 1.11. The van der Waals surface area contributed by atoms with Crippen LogP contribution in [0.4, 0.5) is 18.9 Å². The molecule has 0 atom stereocenters. The summed E-state index contributed by atoms with van der Waals surface area (Å²) in [7, 11) is 0. The van der Waals surface area contributed by atoms with Crippen molar-refractivity contribution in [2.24, 2.45) is 0 Å². The molecule has 1 heterocycles. The van der Waals surface area contributed by atoms with E-state index in [0.29, 0.717) is 10.7 Å². The van der Waals surface area contributed by atoms with Gasteiger partial charge < -0.3 is 5.32 Å². The van der Waals surface area contributed by atoms with Gasteiger partial charge in [0.15, 0.2) is 5.69 Å². The van der Waals surface area contributed by atoms with Gasteiger partial charge in [0.2, 0.25) is 5.91 Å². The molecule has 1 aromatic carbocycles. The molecule has 0 unspecified atom stereocenters. The highest BCUT2D eigenvalue weighted by Crippen LogP contribution is 2.28. The zero-order chi connectivity index (χ0) is 16.5. The van der Waals surface area contributed by atoms with Crippen molar-refractivity contribution < 1.29 is 18.0 Å². The molecule has 2 aromatic rings.